The van der Waals surface area contributed by atoms with E-state index < -0.39 is 0 Å². The summed E-state index contributed by atoms with van der Waals surface area (Å²) < 4.78 is 18.9. The molecule has 0 amide bonds. The summed E-state index contributed by atoms with van der Waals surface area (Å²) in [6, 6.07) is 20.8. The highest BCUT2D eigenvalue weighted by atomic mass is 31.0. The Kier molecular flexibility index (Phi) is 6.04. The molecule has 0 saturated heterocycles. The minimum atomic E-state index is -0.0116. The second-order valence-electron chi connectivity index (χ2n) is 10.0. The standard InChI is InChI=1S/C30H32NO3P/c1-31-17-16-30-15-3-2-4-27(30)34-29-26(14-9-23(18-31)28(29)30)33-20-21-5-10-24(11-6-21)32-19-22-7-12-25(35)13-8-22/h3,5-15,27H,2,4,16-20,35H2,1H3/t27-,30-/m0/s1. The Morgan fingerprint density at radius 3 is 2.51 bits per heavy atom. The maximum atomic E-state index is 6.62. The third-order valence-corrected chi connectivity index (χ3v) is 7.95. The molecule has 3 atom stereocenters. The SMILES string of the molecule is CN1CC[C@@]23C=CCC[C@@H]2Oc2c(OCc4ccc(OCc5ccc(P)cc5)cc4)ccc(c23)C1. The van der Waals surface area contributed by atoms with Crippen LogP contribution in [0.25, 0.3) is 0 Å². The van der Waals surface area contributed by atoms with E-state index in [0.29, 0.717) is 13.2 Å². The predicted octanol–water partition coefficient (Wildman–Crippen LogP) is 5.53. The lowest BCUT2D eigenvalue weighted by atomic mass is 9.69. The molecule has 35 heavy (non-hydrogen) atoms. The molecule has 0 N–H and O–H groups in total. The number of rotatable bonds is 6. The molecule has 4 nitrogen and oxygen atoms in total. The first-order valence-corrected chi connectivity index (χ1v) is 13.1. The first-order chi connectivity index (χ1) is 17.1. The number of nitrogens with zero attached hydrogens (tertiary/aromatic N) is 1. The van der Waals surface area contributed by atoms with Crippen molar-refractivity contribution >= 4 is 14.5 Å². The zero-order valence-corrected chi connectivity index (χ0v) is 21.4. The zero-order chi connectivity index (χ0) is 23.8. The maximum Gasteiger partial charge on any atom is 0.166 e. The van der Waals surface area contributed by atoms with Gasteiger partial charge in [-0.3, -0.25) is 0 Å². The molecule has 0 bridgehead atoms. The van der Waals surface area contributed by atoms with Crippen LogP contribution in [0.3, 0.4) is 0 Å². The first-order valence-electron chi connectivity index (χ1n) is 12.5. The van der Waals surface area contributed by atoms with Crippen LogP contribution < -0.4 is 19.5 Å². The molecule has 1 unspecified atom stereocenters. The average Bonchev–Trinajstić information content (AvgIpc) is 3.16. The van der Waals surface area contributed by atoms with Crippen LogP contribution >= 0.6 is 9.24 Å². The minimum Gasteiger partial charge on any atom is -0.489 e. The molecular formula is C30H32NO3P. The van der Waals surface area contributed by atoms with E-state index >= 15 is 0 Å². The summed E-state index contributed by atoms with van der Waals surface area (Å²) in [6.45, 7) is 3.09. The van der Waals surface area contributed by atoms with Crippen LogP contribution in [0.2, 0.25) is 0 Å². The molecule has 2 aliphatic heterocycles. The van der Waals surface area contributed by atoms with Crippen LogP contribution in [0.4, 0.5) is 0 Å². The lowest BCUT2D eigenvalue weighted by Gasteiger charge is -2.34. The lowest BCUT2D eigenvalue weighted by Crippen LogP contribution is -2.39. The second-order valence-corrected chi connectivity index (χ2v) is 10.7. The highest BCUT2D eigenvalue weighted by Crippen LogP contribution is 2.55. The number of hydrogen-bond acceptors (Lipinski definition) is 4. The van der Waals surface area contributed by atoms with Crippen molar-refractivity contribution in [2.24, 2.45) is 0 Å². The largest absolute Gasteiger partial charge is 0.489 e. The van der Waals surface area contributed by atoms with Gasteiger partial charge in [-0.2, -0.15) is 0 Å². The molecule has 1 aliphatic carbocycles. The van der Waals surface area contributed by atoms with Crippen molar-refractivity contribution in [3.8, 4) is 17.2 Å². The molecule has 2 heterocycles. The Hall–Kier alpha value is -2.81. The van der Waals surface area contributed by atoms with E-state index in [9.17, 15) is 0 Å². The quantitative estimate of drug-likeness (QED) is 0.339. The molecule has 5 heteroatoms. The molecule has 3 aromatic rings. The zero-order valence-electron chi connectivity index (χ0n) is 20.2. The summed E-state index contributed by atoms with van der Waals surface area (Å²) in [4.78, 5) is 2.42. The van der Waals surface area contributed by atoms with Crippen molar-refractivity contribution in [2.75, 3.05) is 13.6 Å². The molecule has 1 spiro atoms. The summed E-state index contributed by atoms with van der Waals surface area (Å²) in [7, 11) is 4.92. The molecule has 0 saturated carbocycles. The van der Waals surface area contributed by atoms with Crippen molar-refractivity contribution in [1.82, 2.24) is 4.90 Å². The van der Waals surface area contributed by atoms with Gasteiger partial charge in [0.1, 0.15) is 25.1 Å². The Morgan fingerprint density at radius 2 is 1.71 bits per heavy atom. The minimum absolute atomic E-state index is 0.0116. The number of allylic oxidation sites excluding steroid dienone is 1. The highest BCUT2D eigenvalue weighted by Gasteiger charge is 2.51. The van der Waals surface area contributed by atoms with E-state index in [0.717, 1.165) is 60.7 Å². The molecule has 6 rings (SSSR count). The highest BCUT2D eigenvalue weighted by molar-refractivity contribution is 7.27. The van der Waals surface area contributed by atoms with Crippen LogP contribution in [0, 0.1) is 0 Å². The molecule has 180 valence electrons. The van der Waals surface area contributed by atoms with Gasteiger partial charge in [-0.15, -0.1) is 9.24 Å². The van der Waals surface area contributed by atoms with Crippen LogP contribution in [-0.2, 0) is 25.2 Å². The Bertz CT molecular complexity index is 1240. The Morgan fingerprint density at radius 1 is 0.971 bits per heavy atom. The van der Waals surface area contributed by atoms with Gasteiger partial charge in [0.15, 0.2) is 11.5 Å². The van der Waals surface area contributed by atoms with Crippen LogP contribution in [0.1, 0.15) is 41.5 Å². The van der Waals surface area contributed by atoms with Gasteiger partial charge in [0, 0.05) is 12.1 Å². The Balaban J connectivity index is 1.17. The van der Waals surface area contributed by atoms with Crippen molar-refractivity contribution in [3.05, 3.63) is 95.1 Å². The lowest BCUT2D eigenvalue weighted by molar-refractivity contribution is 0.138. The summed E-state index contributed by atoms with van der Waals surface area (Å²) >= 11 is 0. The van der Waals surface area contributed by atoms with E-state index in [-0.39, 0.29) is 11.5 Å². The van der Waals surface area contributed by atoms with E-state index in [1.54, 1.807) is 0 Å². The summed E-state index contributed by atoms with van der Waals surface area (Å²) in [5.41, 5.74) is 4.98. The number of ether oxygens (including phenoxy) is 3. The molecule has 0 aromatic heterocycles. The summed E-state index contributed by atoms with van der Waals surface area (Å²) in [5, 5.41) is 1.18. The monoisotopic (exact) mass is 485 g/mol. The first kappa shape index (κ1) is 22.6. The molecule has 3 aromatic carbocycles. The van der Waals surface area contributed by atoms with Crippen molar-refractivity contribution in [3.63, 3.8) is 0 Å². The van der Waals surface area contributed by atoms with Gasteiger partial charge in [-0.1, -0.05) is 54.6 Å². The van der Waals surface area contributed by atoms with Gasteiger partial charge >= 0.3 is 0 Å². The van der Waals surface area contributed by atoms with Crippen LogP contribution in [0.5, 0.6) is 17.2 Å². The van der Waals surface area contributed by atoms with Crippen molar-refractivity contribution < 1.29 is 14.2 Å². The third kappa shape index (κ3) is 4.35. The fourth-order valence-electron chi connectivity index (χ4n) is 5.67. The molecule has 3 aliphatic rings. The summed E-state index contributed by atoms with van der Waals surface area (Å²) in [5.74, 6) is 2.68. The normalized spacial score (nSPS) is 22.6. The molecular weight excluding hydrogens is 453 g/mol. The maximum absolute atomic E-state index is 6.62. The smallest absolute Gasteiger partial charge is 0.166 e. The van der Waals surface area contributed by atoms with Crippen LogP contribution in [-0.4, -0.2) is 24.6 Å². The van der Waals surface area contributed by atoms with Crippen molar-refractivity contribution in [2.45, 2.75) is 50.5 Å². The topological polar surface area (TPSA) is 30.9 Å². The van der Waals surface area contributed by atoms with Crippen LogP contribution in [0.15, 0.2) is 72.8 Å². The fraction of sp³-hybridized carbons (Fsp3) is 0.333. The van der Waals surface area contributed by atoms with E-state index in [1.165, 1.54) is 16.4 Å². The van der Waals surface area contributed by atoms with E-state index in [2.05, 4.69) is 81.9 Å². The summed E-state index contributed by atoms with van der Waals surface area (Å²) in [6.07, 6.45) is 8.22. The van der Waals surface area contributed by atoms with E-state index in [4.69, 9.17) is 14.2 Å². The van der Waals surface area contributed by atoms with Gasteiger partial charge in [0.05, 0.1) is 5.41 Å². The van der Waals surface area contributed by atoms with Gasteiger partial charge < -0.3 is 19.1 Å². The molecule has 0 radical (unpaired) electrons. The van der Waals surface area contributed by atoms with Gasteiger partial charge in [0.2, 0.25) is 0 Å². The fourth-order valence-corrected chi connectivity index (χ4v) is 5.86. The predicted molar refractivity (Wildman–Crippen MR) is 143 cm³/mol. The number of benzene rings is 3. The van der Waals surface area contributed by atoms with Gasteiger partial charge in [0.25, 0.3) is 0 Å². The van der Waals surface area contributed by atoms with E-state index in [1.807, 2.05) is 12.1 Å². The Labute approximate surface area is 210 Å². The second kappa shape index (κ2) is 9.33. The molecule has 0 fully saturated rings. The third-order valence-electron chi connectivity index (χ3n) is 7.57. The van der Waals surface area contributed by atoms with Crippen molar-refractivity contribution in [1.29, 1.82) is 0 Å². The number of hydrogen-bond donors (Lipinski definition) is 0. The average molecular weight is 486 g/mol. The van der Waals surface area contributed by atoms with Gasteiger partial charge in [-0.05, 0) is 73.0 Å². The van der Waals surface area contributed by atoms with Gasteiger partial charge in [-0.25, -0.2) is 0 Å².